The molecule has 1 saturated carbocycles. The summed E-state index contributed by atoms with van der Waals surface area (Å²) in [4.78, 5) is 35.0. The van der Waals surface area contributed by atoms with Crippen LogP contribution in [0.5, 0.6) is 0 Å². The summed E-state index contributed by atoms with van der Waals surface area (Å²) in [5.41, 5.74) is -1.50. The first-order valence-corrected chi connectivity index (χ1v) is 6.06. The molecule has 9 heteroatoms. The van der Waals surface area contributed by atoms with Crippen molar-refractivity contribution in [1.82, 2.24) is 10.2 Å². The van der Waals surface area contributed by atoms with Crippen LogP contribution in [0.15, 0.2) is 0 Å². The number of carbonyl (C=O) groups excluding carboxylic acids is 2. The molecule has 1 aliphatic heterocycles. The smallest absolute Gasteiger partial charge is 0.406 e. The fourth-order valence-corrected chi connectivity index (χ4v) is 2.21. The zero-order valence-electron chi connectivity index (χ0n) is 10.4. The van der Waals surface area contributed by atoms with Crippen LogP contribution in [0.3, 0.4) is 0 Å². The van der Waals surface area contributed by atoms with Gasteiger partial charge >= 0.3 is 12.1 Å². The van der Waals surface area contributed by atoms with Gasteiger partial charge in [-0.05, 0) is 19.3 Å². The van der Waals surface area contributed by atoms with E-state index in [1.165, 1.54) is 0 Å². The molecule has 0 radical (unpaired) electrons. The third-order valence-electron chi connectivity index (χ3n) is 3.57. The van der Waals surface area contributed by atoms with Gasteiger partial charge in [0.2, 0.25) is 11.8 Å². The van der Waals surface area contributed by atoms with Crippen molar-refractivity contribution in [1.29, 1.82) is 0 Å². The molecule has 1 atom stereocenters. The predicted octanol–water partition coefficient (Wildman–Crippen LogP) is 0.131. The Morgan fingerprint density at radius 1 is 1.40 bits per heavy atom. The summed E-state index contributed by atoms with van der Waals surface area (Å²) in [6, 6.07) is -1.07. The van der Waals surface area contributed by atoms with Crippen molar-refractivity contribution in [2.75, 3.05) is 13.1 Å². The molecule has 0 aromatic heterocycles. The maximum atomic E-state index is 12.2. The Hall–Kier alpha value is -1.80. The van der Waals surface area contributed by atoms with Crippen molar-refractivity contribution in [2.45, 2.75) is 31.5 Å². The van der Waals surface area contributed by atoms with Crippen molar-refractivity contribution < 1.29 is 32.7 Å². The molecular weight excluding hydrogens is 281 g/mol. The minimum absolute atomic E-state index is 0.0519. The molecule has 1 saturated heterocycles. The van der Waals surface area contributed by atoms with E-state index in [9.17, 15) is 27.6 Å². The third kappa shape index (κ3) is 2.70. The van der Waals surface area contributed by atoms with Crippen molar-refractivity contribution in [3.8, 4) is 0 Å². The van der Waals surface area contributed by atoms with Crippen LogP contribution >= 0.6 is 0 Å². The fraction of sp³-hybridized carbons (Fsp3) is 0.727. The second-order valence-corrected chi connectivity index (χ2v) is 5.08. The Bertz CT molecular complexity index is 459. The summed E-state index contributed by atoms with van der Waals surface area (Å²) in [6.45, 7) is -1.47. The Morgan fingerprint density at radius 3 is 2.45 bits per heavy atom. The number of aliphatic carboxylic acids is 1. The number of likely N-dealkylation sites (tertiary alicyclic amines) is 1. The lowest BCUT2D eigenvalue weighted by molar-refractivity contribution is -0.158. The van der Waals surface area contributed by atoms with Crippen LogP contribution in [0.2, 0.25) is 0 Å². The van der Waals surface area contributed by atoms with E-state index < -0.39 is 42.0 Å². The monoisotopic (exact) mass is 294 g/mol. The number of carboxylic acids is 1. The molecule has 2 fully saturated rings. The molecule has 0 bridgehead atoms. The largest absolute Gasteiger partial charge is 0.480 e. The van der Waals surface area contributed by atoms with Gasteiger partial charge in [0.1, 0.15) is 18.0 Å². The average Bonchev–Trinajstić information content (AvgIpc) is 3.06. The van der Waals surface area contributed by atoms with Crippen molar-refractivity contribution in [3.05, 3.63) is 0 Å². The molecule has 1 heterocycles. The number of carbonyl (C=O) groups is 3. The molecule has 0 aromatic rings. The number of hydrogen-bond acceptors (Lipinski definition) is 3. The average molecular weight is 294 g/mol. The number of amides is 2. The van der Waals surface area contributed by atoms with E-state index in [1.54, 1.807) is 0 Å². The second kappa shape index (κ2) is 4.64. The molecule has 1 aliphatic carbocycles. The summed E-state index contributed by atoms with van der Waals surface area (Å²) in [6.07, 6.45) is -4.08. The van der Waals surface area contributed by atoms with Gasteiger partial charge in [0, 0.05) is 6.54 Å². The van der Waals surface area contributed by atoms with E-state index in [2.05, 4.69) is 5.32 Å². The zero-order valence-corrected chi connectivity index (χ0v) is 10.4. The number of hydrogen-bond donors (Lipinski definition) is 2. The number of nitrogens with one attached hydrogen (secondary N) is 1. The highest BCUT2D eigenvalue weighted by Gasteiger charge is 2.58. The lowest BCUT2D eigenvalue weighted by Gasteiger charge is -2.19. The Balaban J connectivity index is 1.94. The van der Waals surface area contributed by atoms with Gasteiger partial charge < -0.3 is 15.3 Å². The lowest BCUT2D eigenvalue weighted by atomic mass is 10.1. The summed E-state index contributed by atoms with van der Waals surface area (Å²) in [5, 5.41) is 11.2. The van der Waals surface area contributed by atoms with E-state index in [0.717, 1.165) is 0 Å². The highest BCUT2D eigenvalue weighted by Crippen LogP contribution is 2.46. The van der Waals surface area contributed by atoms with Crippen LogP contribution in [-0.2, 0) is 14.4 Å². The number of halogens is 3. The van der Waals surface area contributed by atoms with Crippen molar-refractivity contribution >= 4 is 17.8 Å². The van der Waals surface area contributed by atoms with Gasteiger partial charge in [0.15, 0.2) is 0 Å². The van der Waals surface area contributed by atoms with E-state index in [1.807, 2.05) is 0 Å². The third-order valence-corrected chi connectivity index (χ3v) is 3.57. The second-order valence-electron chi connectivity index (χ2n) is 5.08. The Morgan fingerprint density at radius 2 is 2.00 bits per heavy atom. The molecule has 0 spiro atoms. The summed E-state index contributed by atoms with van der Waals surface area (Å²) in [7, 11) is 0. The van der Waals surface area contributed by atoms with Gasteiger partial charge in [-0.1, -0.05) is 0 Å². The van der Waals surface area contributed by atoms with E-state index in [-0.39, 0.29) is 25.8 Å². The topological polar surface area (TPSA) is 86.7 Å². The van der Waals surface area contributed by atoms with Crippen LogP contribution in [0.1, 0.15) is 19.3 Å². The number of alkyl halides is 3. The van der Waals surface area contributed by atoms with Crippen LogP contribution in [0.25, 0.3) is 0 Å². The highest BCUT2D eigenvalue weighted by atomic mass is 19.4. The minimum Gasteiger partial charge on any atom is -0.480 e. The van der Waals surface area contributed by atoms with Crippen molar-refractivity contribution in [2.24, 2.45) is 5.41 Å². The van der Waals surface area contributed by atoms with Gasteiger partial charge in [-0.25, -0.2) is 0 Å². The van der Waals surface area contributed by atoms with Gasteiger partial charge in [-0.3, -0.25) is 14.4 Å². The van der Waals surface area contributed by atoms with Crippen LogP contribution in [0.4, 0.5) is 13.2 Å². The normalized spacial score (nSPS) is 24.6. The van der Waals surface area contributed by atoms with Gasteiger partial charge in [0.05, 0.1) is 0 Å². The molecule has 2 N–H and O–H groups in total. The molecule has 6 nitrogen and oxygen atoms in total. The van der Waals surface area contributed by atoms with Gasteiger partial charge in [-0.15, -0.1) is 0 Å². The van der Waals surface area contributed by atoms with Gasteiger partial charge in [0.25, 0.3) is 0 Å². The summed E-state index contributed by atoms with van der Waals surface area (Å²) < 4.78 is 36.6. The first kappa shape index (κ1) is 14.6. The number of nitrogens with zero attached hydrogens (tertiary/aromatic N) is 1. The molecule has 2 amide bonds. The zero-order chi connectivity index (χ0) is 15.1. The van der Waals surface area contributed by atoms with Crippen molar-refractivity contribution in [3.63, 3.8) is 0 Å². The molecule has 0 aromatic carbocycles. The van der Waals surface area contributed by atoms with E-state index in [4.69, 9.17) is 5.11 Å². The molecular formula is C11H13F3N2O4. The first-order valence-electron chi connectivity index (χ1n) is 6.06. The summed E-state index contributed by atoms with van der Waals surface area (Å²) >= 11 is 0. The molecule has 112 valence electrons. The lowest BCUT2D eigenvalue weighted by Crippen LogP contribution is -2.47. The SMILES string of the molecule is O=C1C(NC(=O)C2(C(=O)O)CC2)CCN1CC(F)(F)F. The van der Waals surface area contributed by atoms with Crippen LogP contribution < -0.4 is 5.32 Å². The molecule has 1 unspecified atom stereocenters. The number of rotatable bonds is 4. The maximum absolute atomic E-state index is 12.2. The Kier molecular flexibility index (Phi) is 3.39. The summed E-state index contributed by atoms with van der Waals surface area (Å²) in [5.74, 6) is -2.89. The van der Waals surface area contributed by atoms with Gasteiger partial charge in [-0.2, -0.15) is 13.2 Å². The first-order chi connectivity index (χ1) is 9.16. The molecule has 2 aliphatic rings. The number of carboxylic acid groups (broad SMARTS) is 1. The maximum Gasteiger partial charge on any atom is 0.406 e. The van der Waals surface area contributed by atoms with Crippen LogP contribution in [-0.4, -0.2) is 53.1 Å². The Labute approximate surface area is 111 Å². The predicted molar refractivity (Wildman–Crippen MR) is 58.5 cm³/mol. The molecule has 20 heavy (non-hydrogen) atoms. The van der Waals surface area contributed by atoms with E-state index in [0.29, 0.717) is 4.90 Å². The van der Waals surface area contributed by atoms with E-state index >= 15 is 0 Å². The quantitative estimate of drug-likeness (QED) is 0.722. The van der Waals surface area contributed by atoms with Crippen LogP contribution in [0, 0.1) is 5.41 Å². The standard InChI is InChI=1S/C11H13F3N2O4/c12-11(13,14)5-16-4-1-6(7(16)17)15-8(18)10(2-3-10)9(19)20/h6H,1-5H2,(H,15,18)(H,19,20). The highest BCUT2D eigenvalue weighted by molar-refractivity contribution is 6.06. The fourth-order valence-electron chi connectivity index (χ4n) is 2.21. The molecule has 2 rings (SSSR count). The minimum atomic E-state index is -4.49.